The van der Waals surface area contributed by atoms with Gasteiger partial charge in [0.2, 0.25) is 0 Å². The molecule has 0 amide bonds. The number of nitrogen functional groups attached to an aromatic ring is 1. The molecule has 2 rings (SSSR count). The predicted octanol–water partition coefficient (Wildman–Crippen LogP) is 3.05. The average molecular weight is 274 g/mol. The number of benzene rings is 2. The summed E-state index contributed by atoms with van der Waals surface area (Å²) in [6.07, 6.45) is 0. The zero-order chi connectivity index (χ0) is 14.5. The molecule has 0 unspecified atom stereocenters. The molecule has 0 spiro atoms. The van der Waals surface area contributed by atoms with Gasteiger partial charge in [0.1, 0.15) is 11.6 Å². The van der Waals surface area contributed by atoms with E-state index in [1.165, 1.54) is 6.07 Å². The summed E-state index contributed by atoms with van der Waals surface area (Å²) in [4.78, 5) is 2.09. The summed E-state index contributed by atoms with van der Waals surface area (Å²) >= 11 is 0. The Labute approximate surface area is 118 Å². The quantitative estimate of drug-likeness (QED) is 0.852. The Kier molecular flexibility index (Phi) is 4.58. The largest absolute Gasteiger partial charge is 0.496 e. The lowest BCUT2D eigenvalue weighted by Crippen LogP contribution is -2.18. The molecule has 2 aromatic carbocycles. The van der Waals surface area contributed by atoms with E-state index < -0.39 is 0 Å². The molecule has 0 heterocycles. The summed E-state index contributed by atoms with van der Waals surface area (Å²) in [5.41, 5.74) is 8.47. The van der Waals surface area contributed by atoms with E-state index in [0.717, 1.165) is 16.9 Å². The van der Waals surface area contributed by atoms with E-state index in [9.17, 15) is 4.39 Å². The summed E-state index contributed by atoms with van der Waals surface area (Å²) in [5.74, 6) is 0.600. The normalized spacial score (nSPS) is 10.8. The Morgan fingerprint density at radius 3 is 2.65 bits per heavy atom. The standard InChI is InChI=1S/C16H19FN2O/c1-19(10-12-4-3-5-14(17)8-12)11-13-9-15(18)6-7-16(13)20-2/h3-9H,10-11,18H2,1-2H3. The van der Waals surface area contributed by atoms with Crippen molar-refractivity contribution in [3.05, 3.63) is 59.4 Å². The SMILES string of the molecule is COc1ccc(N)cc1CN(C)Cc1cccc(F)c1. The first-order valence-corrected chi connectivity index (χ1v) is 6.44. The van der Waals surface area contributed by atoms with E-state index in [2.05, 4.69) is 4.90 Å². The molecule has 4 heteroatoms. The molecule has 0 aliphatic carbocycles. The number of halogens is 1. The second kappa shape index (κ2) is 6.39. The zero-order valence-electron chi connectivity index (χ0n) is 11.8. The second-order valence-electron chi connectivity index (χ2n) is 4.87. The molecule has 2 N–H and O–H groups in total. The van der Waals surface area contributed by atoms with Gasteiger partial charge >= 0.3 is 0 Å². The fourth-order valence-corrected chi connectivity index (χ4v) is 2.22. The third-order valence-electron chi connectivity index (χ3n) is 3.09. The van der Waals surface area contributed by atoms with E-state index in [-0.39, 0.29) is 5.82 Å². The lowest BCUT2D eigenvalue weighted by Gasteiger charge is -2.19. The van der Waals surface area contributed by atoms with Crippen molar-refractivity contribution in [2.24, 2.45) is 0 Å². The first kappa shape index (κ1) is 14.3. The van der Waals surface area contributed by atoms with Gasteiger partial charge in [-0.05, 0) is 42.9 Å². The minimum Gasteiger partial charge on any atom is -0.496 e. The number of hydrogen-bond donors (Lipinski definition) is 1. The predicted molar refractivity (Wildman–Crippen MR) is 79.0 cm³/mol. The molecule has 2 aromatic rings. The van der Waals surface area contributed by atoms with Crippen LogP contribution in [0, 0.1) is 5.82 Å². The van der Waals surface area contributed by atoms with Crippen LogP contribution in [0.1, 0.15) is 11.1 Å². The summed E-state index contributed by atoms with van der Waals surface area (Å²) in [7, 11) is 3.62. The van der Waals surface area contributed by atoms with Crippen LogP contribution in [-0.2, 0) is 13.1 Å². The minimum absolute atomic E-state index is 0.211. The molecule has 0 radical (unpaired) electrons. The molecule has 0 atom stereocenters. The molecular weight excluding hydrogens is 255 g/mol. The van der Waals surface area contributed by atoms with Crippen LogP contribution < -0.4 is 10.5 Å². The summed E-state index contributed by atoms with van der Waals surface area (Å²) in [5, 5.41) is 0. The van der Waals surface area contributed by atoms with Gasteiger partial charge in [0.15, 0.2) is 0 Å². The van der Waals surface area contributed by atoms with E-state index in [4.69, 9.17) is 10.5 Å². The van der Waals surface area contributed by atoms with E-state index in [1.807, 2.05) is 31.3 Å². The maximum absolute atomic E-state index is 13.2. The molecule has 0 bridgehead atoms. The smallest absolute Gasteiger partial charge is 0.123 e. The molecule has 0 saturated carbocycles. The first-order valence-electron chi connectivity index (χ1n) is 6.44. The highest BCUT2D eigenvalue weighted by molar-refractivity contribution is 5.47. The molecular formula is C16H19FN2O. The number of methoxy groups -OCH3 is 1. The van der Waals surface area contributed by atoms with Crippen LogP contribution in [0.4, 0.5) is 10.1 Å². The zero-order valence-corrected chi connectivity index (χ0v) is 11.8. The monoisotopic (exact) mass is 274 g/mol. The van der Waals surface area contributed by atoms with Gasteiger partial charge in [0.25, 0.3) is 0 Å². The van der Waals surface area contributed by atoms with Crippen LogP contribution in [0.2, 0.25) is 0 Å². The van der Waals surface area contributed by atoms with Crippen molar-refractivity contribution in [1.82, 2.24) is 4.90 Å². The van der Waals surface area contributed by atoms with Gasteiger partial charge in [-0.15, -0.1) is 0 Å². The maximum Gasteiger partial charge on any atom is 0.123 e. The highest BCUT2D eigenvalue weighted by Gasteiger charge is 2.08. The number of nitrogens with two attached hydrogens (primary N) is 1. The van der Waals surface area contributed by atoms with Crippen LogP contribution in [0.5, 0.6) is 5.75 Å². The molecule has 0 aromatic heterocycles. The Morgan fingerprint density at radius 2 is 1.95 bits per heavy atom. The summed E-state index contributed by atoms with van der Waals surface area (Å²) in [6, 6.07) is 12.2. The van der Waals surface area contributed by atoms with Gasteiger partial charge in [-0.2, -0.15) is 0 Å². The van der Waals surface area contributed by atoms with Gasteiger partial charge in [-0.25, -0.2) is 4.39 Å². The minimum atomic E-state index is -0.211. The molecule has 3 nitrogen and oxygen atoms in total. The lowest BCUT2D eigenvalue weighted by molar-refractivity contribution is 0.310. The first-order chi connectivity index (χ1) is 9.58. The van der Waals surface area contributed by atoms with E-state index >= 15 is 0 Å². The lowest BCUT2D eigenvalue weighted by atomic mass is 10.1. The van der Waals surface area contributed by atoms with Crippen LogP contribution in [0.25, 0.3) is 0 Å². The average Bonchev–Trinajstić information content (AvgIpc) is 2.38. The fourth-order valence-electron chi connectivity index (χ4n) is 2.22. The molecule has 0 fully saturated rings. The van der Waals surface area contributed by atoms with Crippen LogP contribution in [0.3, 0.4) is 0 Å². The van der Waals surface area contributed by atoms with Gasteiger partial charge < -0.3 is 10.5 Å². The highest BCUT2D eigenvalue weighted by Crippen LogP contribution is 2.22. The number of rotatable bonds is 5. The van der Waals surface area contributed by atoms with Crippen LogP contribution in [-0.4, -0.2) is 19.1 Å². The van der Waals surface area contributed by atoms with Crippen LogP contribution in [0.15, 0.2) is 42.5 Å². The summed E-state index contributed by atoms with van der Waals surface area (Å²) in [6.45, 7) is 1.35. The van der Waals surface area contributed by atoms with Crippen molar-refractivity contribution < 1.29 is 9.13 Å². The van der Waals surface area contributed by atoms with E-state index in [1.54, 1.807) is 19.2 Å². The number of hydrogen-bond acceptors (Lipinski definition) is 3. The number of nitrogens with zero attached hydrogens (tertiary/aromatic N) is 1. The van der Waals surface area contributed by atoms with E-state index in [0.29, 0.717) is 18.8 Å². The van der Waals surface area contributed by atoms with Crippen molar-refractivity contribution in [1.29, 1.82) is 0 Å². The Hall–Kier alpha value is -2.07. The summed E-state index contributed by atoms with van der Waals surface area (Å²) < 4.78 is 18.5. The van der Waals surface area contributed by atoms with Gasteiger partial charge in [-0.3, -0.25) is 4.90 Å². The highest BCUT2D eigenvalue weighted by atomic mass is 19.1. The maximum atomic E-state index is 13.2. The van der Waals surface area contributed by atoms with Crippen molar-refractivity contribution in [2.75, 3.05) is 19.9 Å². The fraction of sp³-hybridized carbons (Fsp3) is 0.250. The second-order valence-corrected chi connectivity index (χ2v) is 4.87. The number of anilines is 1. The van der Waals surface area contributed by atoms with Gasteiger partial charge in [-0.1, -0.05) is 12.1 Å². The topological polar surface area (TPSA) is 38.5 Å². The molecule has 0 saturated heterocycles. The Balaban J connectivity index is 2.08. The molecule has 0 aliphatic rings. The van der Waals surface area contributed by atoms with Crippen molar-refractivity contribution in [3.63, 3.8) is 0 Å². The third kappa shape index (κ3) is 3.71. The Bertz CT molecular complexity index is 586. The number of ether oxygens (including phenoxy) is 1. The molecule has 0 aliphatic heterocycles. The molecule has 106 valence electrons. The third-order valence-corrected chi connectivity index (χ3v) is 3.09. The van der Waals surface area contributed by atoms with Crippen LogP contribution >= 0.6 is 0 Å². The van der Waals surface area contributed by atoms with Gasteiger partial charge in [0, 0.05) is 24.3 Å². The van der Waals surface area contributed by atoms with Crippen molar-refractivity contribution in [2.45, 2.75) is 13.1 Å². The van der Waals surface area contributed by atoms with Gasteiger partial charge in [0.05, 0.1) is 7.11 Å². The Morgan fingerprint density at radius 1 is 1.15 bits per heavy atom. The molecule has 20 heavy (non-hydrogen) atoms. The van der Waals surface area contributed by atoms with Crippen molar-refractivity contribution in [3.8, 4) is 5.75 Å². The van der Waals surface area contributed by atoms with Crippen molar-refractivity contribution >= 4 is 5.69 Å².